The van der Waals surface area contributed by atoms with Gasteiger partial charge in [0.25, 0.3) is 0 Å². The molecule has 0 spiro atoms. The predicted molar refractivity (Wildman–Crippen MR) is 187 cm³/mol. The van der Waals surface area contributed by atoms with Gasteiger partial charge >= 0.3 is 6.03 Å². The number of likely N-dealkylation sites (tertiary alicyclic amines) is 1. The maximum Gasteiger partial charge on any atom is 0.323 e. The number of aromatic nitrogens is 1. The SMILES string of the molecule is COc1c(CCOC2CCN(C)CC2)cc(C(C)(C)C)cc1NC(=O)Nc1ccc(OCCCc2cccnc2)c2ccccc12. The van der Waals surface area contributed by atoms with Crippen molar-refractivity contribution in [2.24, 2.45) is 0 Å². The van der Waals surface area contributed by atoms with E-state index in [-0.39, 0.29) is 17.6 Å². The Morgan fingerprint density at radius 2 is 1.70 bits per heavy atom. The number of rotatable bonds is 12. The molecule has 8 nitrogen and oxygen atoms in total. The van der Waals surface area contributed by atoms with Gasteiger partial charge in [-0.15, -0.1) is 0 Å². The largest absolute Gasteiger partial charge is 0.494 e. The van der Waals surface area contributed by atoms with Crippen LogP contribution in [0.15, 0.2) is 73.1 Å². The summed E-state index contributed by atoms with van der Waals surface area (Å²) in [6, 6.07) is 19.7. The van der Waals surface area contributed by atoms with Crippen molar-refractivity contribution in [1.29, 1.82) is 0 Å². The summed E-state index contributed by atoms with van der Waals surface area (Å²) >= 11 is 0. The van der Waals surface area contributed by atoms with Crippen LogP contribution in [0.1, 0.15) is 56.7 Å². The Kier molecular flexibility index (Phi) is 11.1. The molecule has 0 atom stereocenters. The van der Waals surface area contributed by atoms with Gasteiger partial charge < -0.3 is 29.7 Å². The van der Waals surface area contributed by atoms with Crippen LogP contribution in [0.2, 0.25) is 0 Å². The molecule has 0 unspecified atom stereocenters. The maximum atomic E-state index is 13.5. The zero-order chi connectivity index (χ0) is 32.5. The van der Waals surface area contributed by atoms with Crippen LogP contribution < -0.4 is 20.1 Å². The molecule has 0 bridgehead atoms. The molecule has 0 saturated carbocycles. The lowest BCUT2D eigenvalue weighted by Crippen LogP contribution is -2.34. The highest BCUT2D eigenvalue weighted by molar-refractivity contribution is 6.08. The number of carbonyl (C=O) groups excluding carboxylic acids is 1. The molecule has 0 radical (unpaired) electrons. The Labute approximate surface area is 273 Å². The molecule has 244 valence electrons. The Hall–Kier alpha value is -4.14. The molecule has 46 heavy (non-hydrogen) atoms. The Bertz CT molecular complexity index is 1590. The average Bonchev–Trinajstić information content (AvgIpc) is 3.05. The van der Waals surface area contributed by atoms with E-state index in [1.807, 2.05) is 54.7 Å². The number of hydrogen-bond donors (Lipinski definition) is 2. The predicted octanol–water partition coefficient (Wildman–Crippen LogP) is 7.85. The highest BCUT2D eigenvalue weighted by Crippen LogP contribution is 2.37. The lowest BCUT2D eigenvalue weighted by atomic mass is 9.85. The smallest absolute Gasteiger partial charge is 0.323 e. The number of fused-ring (bicyclic) bond motifs is 1. The van der Waals surface area contributed by atoms with E-state index in [0.717, 1.165) is 66.4 Å². The van der Waals surface area contributed by atoms with Crippen LogP contribution >= 0.6 is 0 Å². The maximum absolute atomic E-state index is 13.5. The molecule has 1 aliphatic heterocycles. The van der Waals surface area contributed by atoms with E-state index in [4.69, 9.17) is 14.2 Å². The van der Waals surface area contributed by atoms with Gasteiger partial charge in [0, 0.05) is 36.3 Å². The lowest BCUT2D eigenvalue weighted by Gasteiger charge is -2.29. The number of pyridine rings is 1. The van der Waals surface area contributed by atoms with Gasteiger partial charge in [0.05, 0.1) is 37.8 Å². The summed E-state index contributed by atoms with van der Waals surface area (Å²) in [6.45, 7) is 9.84. The fourth-order valence-corrected chi connectivity index (χ4v) is 5.92. The number of anilines is 2. The molecule has 1 aliphatic rings. The third-order valence-corrected chi connectivity index (χ3v) is 8.60. The minimum absolute atomic E-state index is 0.118. The zero-order valence-electron chi connectivity index (χ0n) is 27.9. The van der Waals surface area contributed by atoms with E-state index in [2.05, 4.69) is 60.5 Å². The number of nitrogens with zero attached hydrogens (tertiary/aromatic N) is 2. The van der Waals surface area contributed by atoms with Crippen molar-refractivity contribution >= 4 is 28.2 Å². The van der Waals surface area contributed by atoms with E-state index >= 15 is 0 Å². The summed E-state index contributed by atoms with van der Waals surface area (Å²) in [7, 11) is 3.81. The third kappa shape index (κ3) is 8.77. The molecule has 2 N–H and O–H groups in total. The first-order chi connectivity index (χ1) is 22.2. The van der Waals surface area contributed by atoms with E-state index in [0.29, 0.717) is 36.8 Å². The fourth-order valence-electron chi connectivity index (χ4n) is 5.92. The molecule has 2 heterocycles. The van der Waals surface area contributed by atoms with Crippen LogP contribution in [0.4, 0.5) is 16.2 Å². The van der Waals surface area contributed by atoms with E-state index in [1.54, 1.807) is 13.3 Å². The monoisotopic (exact) mass is 624 g/mol. The van der Waals surface area contributed by atoms with E-state index in [9.17, 15) is 4.79 Å². The number of nitrogens with one attached hydrogen (secondary N) is 2. The van der Waals surface area contributed by atoms with Gasteiger partial charge in [0.15, 0.2) is 0 Å². The van der Waals surface area contributed by atoms with Gasteiger partial charge in [-0.05, 0) is 85.5 Å². The van der Waals surface area contributed by atoms with Crippen LogP contribution in [0.25, 0.3) is 10.8 Å². The fraction of sp³-hybridized carbons (Fsp3) is 0.421. The van der Waals surface area contributed by atoms with Gasteiger partial charge in [0.1, 0.15) is 11.5 Å². The van der Waals surface area contributed by atoms with Gasteiger partial charge in [-0.25, -0.2) is 4.79 Å². The molecular weight excluding hydrogens is 576 g/mol. The van der Waals surface area contributed by atoms with Crippen molar-refractivity contribution in [3.63, 3.8) is 0 Å². The van der Waals surface area contributed by atoms with Crippen molar-refractivity contribution in [3.05, 3.63) is 89.7 Å². The topological polar surface area (TPSA) is 85.0 Å². The third-order valence-electron chi connectivity index (χ3n) is 8.60. The van der Waals surface area contributed by atoms with Crippen LogP contribution in [0.3, 0.4) is 0 Å². The molecule has 1 saturated heterocycles. The van der Waals surface area contributed by atoms with Gasteiger partial charge in [-0.2, -0.15) is 0 Å². The molecular formula is C38H48N4O4. The standard InChI is InChI=1S/C38H48N4O4/c1-38(2,3)29-24-28(18-23-45-30-16-20-42(4)21-17-30)36(44-5)34(25-29)41-37(43)40-33-14-15-35(32-13-7-6-12-31(32)33)46-22-9-11-27-10-8-19-39-26-27/h6-8,10,12-15,19,24-26,30H,9,11,16-18,20-23H2,1-5H3,(H2,40,41,43). The molecule has 4 aromatic rings. The van der Waals surface area contributed by atoms with Crippen LogP contribution in [0.5, 0.6) is 11.5 Å². The second kappa shape index (κ2) is 15.4. The number of urea groups is 1. The molecule has 1 fully saturated rings. The van der Waals surface area contributed by atoms with Crippen molar-refractivity contribution in [3.8, 4) is 11.5 Å². The zero-order valence-corrected chi connectivity index (χ0v) is 27.9. The first kappa shape index (κ1) is 33.2. The van der Waals surface area contributed by atoms with Crippen molar-refractivity contribution in [2.75, 3.05) is 51.1 Å². The van der Waals surface area contributed by atoms with Crippen molar-refractivity contribution < 1.29 is 19.0 Å². The first-order valence-corrected chi connectivity index (χ1v) is 16.3. The summed E-state index contributed by atoms with van der Waals surface area (Å²) in [5, 5.41) is 8.01. The number of ether oxygens (including phenoxy) is 3. The molecule has 3 aromatic carbocycles. The normalized spacial score (nSPS) is 14.3. The quantitative estimate of drug-likeness (QED) is 0.156. The molecule has 1 aromatic heterocycles. The van der Waals surface area contributed by atoms with Gasteiger partial charge in [-0.1, -0.05) is 57.2 Å². The summed E-state index contributed by atoms with van der Waals surface area (Å²) in [5.74, 6) is 1.45. The van der Waals surface area contributed by atoms with Crippen LogP contribution in [0, 0.1) is 0 Å². The minimum Gasteiger partial charge on any atom is -0.494 e. The number of benzene rings is 3. The summed E-state index contributed by atoms with van der Waals surface area (Å²) in [5.41, 5.74) is 4.56. The highest BCUT2D eigenvalue weighted by Gasteiger charge is 2.22. The van der Waals surface area contributed by atoms with Gasteiger partial charge in [-0.3, -0.25) is 4.98 Å². The van der Waals surface area contributed by atoms with E-state index < -0.39 is 0 Å². The Morgan fingerprint density at radius 1 is 0.935 bits per heavy atom. The Balaban J connectivity index is 1.28. The summed E-state index contributed by atoms with van der Waals surface area (Å²) in [6.07, 6.45) is 8.55. The number of aryl methyl sites for hydroxylation is 1. The molecule has 2 amide bonds. The lowest BCUT2D eigenvalue weighted by molar-refractivity contribution is 0.0140. The second-order valence-electron chi connectivity index (χ2n) is 13.1. The number of methoxy groups -OCH3 is 1. The van der Waals surface area contributed by atoms with Crippen molar-refractivity contribution in [2.45, 2.75) is 64.4 Å². The molecule has 0 aliphatic carbocycles. The van der Waals surface area contributed by atoms with Crippen LogP contribution in [-0.2, 0) is 23.0 Å². The summed E-state index contributed by atoms with van der Waals surface area (Å²) in [4.78, 5) is 20.0. The second-order valence-corrected chi connectivity index (χ2v) is 13.1. The minimum atomic E-state index is -0.340. The molecule has 5 rings (SSSR count). The van der Waals surface area contributed by atoms with Crippen molar-refractivity contribution in [1.82, 2.24) is 9.88 Å². The highest BCUT2D eigenvalue weighted by atomic mass is 16.5. The van der Waals surface area contributed by atoms with E-state index in [1.165, 1.54) is 5.56 Å². The molecule has 8 heteroatoms. The number of piperidine rings is 1. The number of hydrogen-bond acceptors (Lipinski definition) is 6. The average molecular weight is 625 g/mol. The van der Waals surface area contributed by atoms with Gasteiger partial charge in [0.2, 0.25) is 0 Å². The van der Waals surface area contributed by atoms with Crippen LogP contribution in [-0.4, -0.2) is 62.5 Å². The summed E-state index contributed by atoms with van der Waals surface area (Å²) < 4.78 is 18.3. The Morgan fingerprint density at radius 3 is 2.41 bits per heavy atom. The number of carbonyl (C=O) groups is 1. The number of amides is 2. The first-order valence-electron chi connectivity index (χ1n) is 16.3.